The molecule has 0 aliphatic carbocycles. The van der Waals surface area contributed by atoms with Crippen LogP contribution < -0.4 is 0 Å². The molecule has 1 aliphatic heterocycles. The summed E-state index contributed by atoms with van der Waals surface area (Å²) < 4.78 is 0. The molecule has 1 unspecified atom stereocenters. The van der Waals surface area contributed by atoms with Gasteiger partial charge in [0.05, 0.1) is 0 Å². The van der Waals surface area contributed by atoms with Crippen molar-refractivity contribution < 1.29 is 0 Å². The molecule has 1 aliphatic rings. The summed E-state index contributed by atoms with van der Waals surface area (Å²) in [5, 5.41) is 1.01. The minimum Gasteiger partial charge on any atom is -0.243 e. The molecule has 68 valence electrons. The summed E-state index contributed by atoms with van der Waals surface area (Å²) in [5.41, 5.74) is 0.551. The molecular weight excluding hydrogens is 152 g/mol. The Morgan fingerprint density at radius 3 is 1.91 bits per heavy atom. The number of rotatable bonds is 0. The zero-order valence-electron chi connectivity index (χ0n) is 8.61. The minimum absolute atomic E-state index is 0.245. The van der Waals surface area contributed by atoms with Gasteiger partial charge in [0.25, 0.3) is 0 Å². The van der Waals surface area contributed by atoms with Crippen LogP contribution in [0.2, 0.25) is 0 Å². The van der Waals surface area contributed by atoms with Gasteiger partial charge in [-0.25, -0.2) is 10.0 Å². The van der Waals surface area contributed by atoms with Gasteiger partial charge < -0.3 is 0 Å². The quantitative estimate of drug-likeness (QED) is 0.529. The standard InChI is InChI=1S/C10H22S/c1-10(2,3)9-7-6-8-11(9,4)5/h9H,6-8H2,1-5H3. The third-order valence-electron chi connectivity index (χ3n) is 2.87. The fourth-order valence-electron chi connectivity index (χ4n) is 2.49. The molecule has 1 rings (SSSR count). The van der Waals surface area contributed by atoms with Crippen LogP contribution in [-0.4, -0.2) is 23.5 Å². The van der Waals surface area contributed by atoms with Gasteiger partial charge in [0, 0.05) is 0 Å². The Bertz CT molecular complexity index is 141. The van der Waals surface area contributed by atoms with E-state index < -0.39 is 0 Å². The smallest absolute Gasteiger partial charge is 0.00677 e. The van der Waals surface area contributed by atoms with Crippen LogP contribution in [-0.2, 0) is 0 Å². The van der Waals surface area contributed by atoms with Crippen LogP contribution in [0, 0.1) is 5.41 Å². The summed E-state index contributed by atoms with van der Waals surface area (Å²) in [4.78, 5) is 0. The molecule has 0 saturated carbocycles. The molecule has 1 atom stereocenters. The molecule has 1 fully saturated rings. The van der Waals surface area contributed by atoms with Crippen molar-refractivity contribution in [3.8, 4) is 0 Å². The monoisotopic (exact) mass is 174 g/mol. The highest BCUT2D eigenvalue weighted by Gasteiger charge is 2.37. The van der Waals surface area contributed by atoms with Gasteiger partial charge in [-0.15, -0.1) is 0 Å². The Kier molecular flexibility index (Phi) is 2.31. The van der Waals surface area contributed by atoms with Crippen LogP contribution in [0.5, 0.6) is 0 Å². The highest BCUT2D eigenvalue weighted by atomic mass is 32.3. The summed E-state index contributed by atoms with van der Waals surface area (Å²) in [7, 11) is -0.245. The van der Waals surface area contributed by atoms with Gasteiger partial charge in [0.1, 0.15) is 0 Å². The SMILES string of the molecule is CC(C)(C)C1CCCS1(C)C. The van der Waals surface area contributed by atoms with E-state index in [0.29, 0.717) is 5.41 Å². The van der Waals surface area contributed by atoms with Crippen molar-refractivity contribution in [1.82, 2.24) is 0 Å². The fraction of sp³-hybridized carbons (Fsp3) is 1.00. The maximum Gasteiger partial charge on any atom is -0.00677 e. The Morgan fingerprint density at radius 1 is 1.18 bits per heavy atom. The van der Waals surface area contributed by atoms with Crippen LogP contribution in [0.4, 0.5) is 0 Å². The van der Waals surface area contributed by atoms with E-state index in [-0.39, 0.29) is 10.0 Å². The fourth-order valence-corrected chi connectivity index (χ4v) is 6.41. The van der Waals surface area contributed by atoms with Crippen molar-refractivity contribution in [3.63, 3.8) is 0 Å². The molecule has 0 aromatic carbocycles. The molecule has 1 heterocycles. The first-order valence-electron chi connectivity index (χ1n) is 4.54. The maximum absolute atomic E-state index is 2.51. The van der Waals surface area contributed by atoms with Crippen molar-refractivity contribution in [2.45, 2.75) is 38.9 Å². The van der Waals surface area contributed by atoms with E-state index in [2.05, 4.69) is 33.3 Å². The minimum atomic E-state index is -0.245. The Hall–Kier alpha value is 0.350. The first-order chi connectivity index (χ1) is 4.84. The van der Waals surface area contributed by atoms with E-state index >= 15 is 0 Å². The normalized spacial score (nSPS) is 33.7. The van der Waals surface area contributed by atoms with Gasteiger partial charge in [0.2, 0.25) is 0 Å². The second-order valence-electron chi connectivity index (χ2n) is 5.32. The molecule has 0 amide bonds. The van der Waals surface area contributed by atoms with Gasteiger partial charge >= 0.3 is 0 Å². The Labute approximate surface area is 73.1 Å². The van der Waals surface area contributed by atoms with Crippen molar-refractivity contribution in [3.05, 3.63) is 0 Å². The Morgan fingerprint density at radius 2 is 1.73 bits per heavy atom. The Balaban J connectivity index is 2.73. The molecule has 1 heteroatoms. The van der Waals surface area contributed by atoms with E-state index in [4.69, 9.17) is 0 Å². The van der Waals surface area contributed by atoms with Crippen molar-refractivity contribution in [2.24, 2.45) is 5.41 Å². The molecule has 0 nitrogen and oxygen atoms in total. The van der Waals surface area contributed by atoms with Crippen molar-refractivity contribution >= 4 is 10.0 Å². The lowest BCUT2D eigenvalue weighted by Gasteiger charge is -2.41. The van der Waals surface area contributed by atoms with E-state index in [9.17, 15) is 0 Å². The zero-order valence-corrected chi connectivity index (χ0v) is 9.42. The van der Waals surface area contributed by atoms with Crippen LogP contribution in [0.3, 0.4) is 0 Å². The predicted molar refractivity (Wildman–Crippen MR) is 56.8 cm³/mol. The third-order valence-corrected chi connectivity index (χ3v) is 6.70. The maximum atomic E-state index is 2.51. The molecular formula is C10H22S. The first-order valence-corrected chi connectivity index (χ1v) is 7.22. The molecule has 1 saturated heterocycles. The lowest BCUT2D eigenvalue weighted by atomic mass is 9.89. The van der Waals surface area contributed by atoms with E-state index in [1.54, 1.807) is 0 Å². The van der Waals surface area contributed by atoms with Crippen LogP contribution in [0.1, 0.15) is 33.6 Å². The molecule has 0 radical (unpaired) electrons. The molecule has 0 N–H and O–H groups in total. The van der Waals surface area contributed by atoms with E-state index in [0.717, 1.165) is 5.25 Å². The molecule has 11 heavy (non-hydrogen) atoms. The van der Waals surface area contributed by atoms with Crippen LogP contribution in [0.25, 0.3) is 0 Å². The van der Waals surface area contributed by atoms with Gasteiger partial charge in [-0.05, 0) is 41.8 Å². The van der Waals surface area contributed by atoms with Gasteiger partial charge in [0.15, 0.2) is 0 Å². The number of hydrogen-bond donors (Lipinski definition) is 0. The summed E-state index contributed by atoms with van der Waals surface area (Å²) in [6.45, 7) is 7.20. The van der Waals surface area contributed by atoms with Gasteiger partial charge in [-0.2, -0.15) is 0 Å². The van der Waals surface area contributed by atoms with Crippen molar-refractivity contribution in [2.75, 3.05) is 18.3 Å². The van der Waals surface area contributed by atoms with Crippen molar-refractivity contribution in [1.29, 1.82) is 0 Å². The molecule has 0 bridgehead atoms. The highest BCUT2D eigenvalue weighted by molar-refractivity contribution is 8.33. The van der Waals surface area contributed by atoms with E-state index in [1.165, 1.54) is 18.6 Å². The highest BCUT2D eigenvalue weighted by Crippen LogP contribution is 2.58. The predicted octanol–water partition coefficient (Wildman–Crippen LogP) is 3.26. The summed E-state index contributed by atoms with van der Waals surface area (Å²) >= 11 is 0. The summed E-state index contributed by atoms with van der Waals surface area (Å²) in [6.07, 6.45) is 7.97. The zero-order chi connectivity index (χ0) is 8.70. The lowest BCUT2D eigenvalue weighted by molar-refractivity contribution is 0.384. The molecule has 0 spiro atoms. The topological polar surface area (TPSA) is 0 Å². The second-order valence-corrected chi connectivity index (χ2v) is 9.55. The van der Waals surface area contributed by atoms with Gasteiger partial charge in [-0.1, -0.05) is 20.8 Å². The first kappa shape index (κ1) is 9.44. The average Bonchev–Trinajstić information content (AvgIpc) is 2.06. The average molecular weight is 174 g/mol. The second kappa shape index (κ2) is 2.69. The largest absolute Gasteiger partial charge is 0.243 e. The van der Waals surface area contributed by atoms with E-state index in [1.807, 2.05) is 0 Å². The van der Waals surface area contributed by atoms with Crippen LogP contribution in [0.15, 0.2) is 0 Å². The lowest BCUT2D eigenvalue weighted by Crippen LogP contribution is -2.27. The third kappa shape index (κ3) is 1.93. The molecule has 0 aromatic rings. The van der Waals surface area contributed by atoms with Crippen LogP contribution >= 0.6 is 10.0 Å². The summed E-state index contributed by atoms with van der Waals surface area (Å²) in [5.74, 6) is 1.51. The summed E-state index contributed by atoms with van der Waals surface area (Å²) in [6, 6.07) is 0. The molecule has 0 aromatic heterocycles. The number of hydrogen-bond acceptors (Lipinski definition) is 0. The van der Waals surface area contributed by atoms with Gasteiger partial charge in [-0.3, -0.25) is 0 Å².